The first-order valence-corrected chi connectivity index (χ1v) is 8.94. The van der Waals surface area contributed by atoms with Gasteiger partial charge < -0.3 is 14.5 Å². The minimum atomic E-state index is -0.415. The Morgan fingerprint density at radius 2 is 1.69 bits per heavy atom. The summed E-state index contributed by atoms with van der Waals surface area (Å²) in [6.07, 6.45) is 0. The topological polar surface area (TPSA) is 71.1 Å². The van der Waals surface area contributed by atoms with Gasteiger partial charge in [-0.05, 0) is 42.0 Å². The van der Waals surface area contributed by atoms with E-state index in [1.807, 2.05) is 48.5 Å². The average Bonchev–Trinajstić information content (AvgIpc) is 3.19. The lowest BCUT2D eigenvalue weighted by Crippen LogP contribution is -2.00. The van der Waals surface area contributed by atoms with Crippen molar-refractivity contribution in [1.29, 1.82) is 5.26 Å². The molecule has 0 bridgehead atoms. The van der Waals surface area contributed by atoms with Gasteiger partial charge in [0.25, 0.3) is 0 Å². The van der Waals surface area contributed by atoms with Gasteiger partial charge in [0.05, 0.1) is 0 Å². The molecule has 0 saturated carbocycles. The van der Waals surface area contributed by atoms with Gasteiger partial charge in [0.1, 0.15) is 11.8 Å². The number of oxazole rings is 1. The Hall–Kier alpha value is -4.11. The Balaban J connectivity index is 1.44. The van der Waals surface area contributed by atoms with E-state index in [0.29, 0.717) is 24.1 Å². The number of para-hydroxylation sites is 1. The van der Waals surface area contributed by atoms with E-state index >= 15 is 0 Å². The number of halogens is 1. The van der Waals surface area contributed by atoms with Crippen LogP contribution < -0.4 is 10.1 Å². The van der Waals surface area contributed by atoms with E-state index in [2.05, 4.69) is 10.3 Å². The molecule has 29 heavy (non-hydrogen) atoms. The zero-order valence-corrected chi connectivity index (χ0v) is 15.3. The number of hydrogen-bond donors (Lipinski definition) is 1. The van der Waals surface area contributed by atoms with Crippen LogP contribution >= 0.6 is 0 Å². The lowest BCUT2D eigenvalue weighted by Gasteiger charge is -2.08. The second-order valence-electron chi connectivity index (χ2n) is 6.20. The summed E-state index contributed by atoms with van der Waals surface area (Å²) in [5, 5.41) is 12.4. The van der Waals surface area contributed by atoms with E-state index in [1.165, 1.54) is 6.07 Å². The first-order chi connectivity index (χ1) is 14.2. The fourth-order valence-corrected chi connectivity index (χ4v) is 2.73. The average molecular weight is 385 g/mol. The molecule has 0 radical (unpaired) electrons. The summed E-state index contributed by atoms with van der Waals surface area (Å²) in [4.78, 5) is 4.23. The highest BCUT2D eigenvalue weighted by molar-refractivity contribution is 5.58. The van der Waals surface area contributed by atoms with Crippen molar-refractivity contribution in [3.63, 3.8) is 0 Å². The van der Waals surface area contributed by atoms with Crippen molar-refractivity contribution in [3.8, 4) is 29.0 Å². The molecule has 4 aromatic rings. The minimum absolute atomic E-state index is 0.173. The molecule has 0 atom stereocenters. The van der Waals surface area contributed by atoms with Crippen LogP contribution in [0.4, 0.5) is 10.3 Å². The summed E-state index contributed by atoms with van der Waals surface area (Å²) in [6, 6.07) is 24.9. The fraction of sp³-hybridized carbons (Fsp3) is 0.0435. The van der Waals surface area contributed by atoms with Gasteiger partial charge in [-0.15, -0.1) is 0 Å². The van der Waals surface area contributed by atoms with Crippen molar-refractivity contribution >= 4 is 5.88 Å². The van der Waals surface area contributed by atoms with Gasteiger partial charge in [-0.3, -0.25) is 0 Å². The number of hydrogen-bond acceptors (Lipinski definition) is 5. The molecule has 0 fully saturated rings. The summed E-state index contributed by atoms with van der Waals surface area (Å²) in [7, 11) is 0. The molecule has 1 N–H and O–H groups in total. The van der Waals surface area contributed by atoms with E-state index in [1.54, 1.807) is 30.3 Å². The number of anilines is 1. The molecule has 4 rings (SSSR count). The summed E-state index contributed by atoms with van der Waals surface area (Å²) in [6.45, 7) is 0.429. The molecular weight excluding hydrogens is 369 g/mol. The lowest BCUT2D eigenvalue weighted by molar-refractivity contribution is 0.442. The molecule has 0 aliphatic heterocycles. The number of aromatic nitrogens is 1. The fourth-order valence-electron chi connectivity index (χ4n) is 2.73. The molecule has 5 nitrogen and oxygen atoms in total. The van der Waals surface area contributed by atoms with Gasteiger partial charge in [-0.25, -0.2) is 4.39 Å². The van der Waals surface area contributed by atoms with Crippen LogP contribution in [0.15, 0.2) is 83.3 Å². The maximum absolute atomic E-state index is 13.7. The summed E-state index contributed by atoms with van der Waals surface area (Å²) < 4.78 is 24.9. The van der Waals surface area contributed by atoms with E-state index in [9.17, 15) is 9.65 Å². The van der Waals surface area contributed by atoms with Crippen molar-refractivity contribution in [2.75, 3.05) is 5.32 Å². The molecule has 3 aromatic carbocycles. The number of nitrogens with one attached hydrogen (secondary N) is 1. The second-order valence-corrected chi connectivity index (χ2v) is 6.20. The van der Waals surface area contributed by atoms with E-state index < -0.39 is 5.82 Å². The molecule has 0 amide bonds. The summed E-state index contributed by atoms with van der Waals surface area (Å²) in [5.74, 6) is 0.993. The predicted octanol–water partition coefficient (Wildman–Crippen LogP) is 5.76. The monoisotopic (exact) mass is 385 g/mol. The number of nitriles is 1. The van der Waals surface area contributed by atoms with Crippen LogP contribution in [0.25, 0.3) is 11.5 Å². The molecule has 0 saturated heterocycles. The Morgan fingerprint density at radius 3 is 2.41 bits per heavy atom. The van der Waals surface area contributed by atoms with Gasteiger partial charge in [0, 0.05) is 12.1 Å². The van der Waals surface area contributed by atoms with Crippen LogP contribution in [-0.2, 0) is 6.54 Å². The van der Waals surface area contributed by atoms with Gasteiger partial charge in [0.15, 0.2) is 11.6 Å². The Kier molecular flexibility index (Phi) is 5.21. The quantitative estimate of drug-likeness (QED) is 0.457. The van der Waals surface area contributed by atoms with Crippen LogP contribution in [0.3, 0.4) is 0 Å². The van der Waals surface area contributed by atoms with Crippen LogP contribution in [0, 0.1) is 17.1 Å². The highest BCUT2D eigenvalue weighted by Gasteiger charge is 2.14. The number of benzene rings is 3. The first kappa shape index (κ1) is 18.3. The number of rotatable bonds is 6. The van der Waals surface area contributed by atoms with Crippen molar-refractivity contribution < 1.29 is 13.5 Å². The Labute approximate surface area is 167 Å². The van der Waals surface area contributed by atoms with Crippen molar-refractivity contribution in [1.82, 2.24) is 4.98 Å². The standard InChI is InChI=1S/C23H16FN3O2/c24-19-8-4-5-9-21(19)28-18-12-10-16(11-13-18)15-26-23-20(14-25)27-22(29-23)17-6-2-1-3-7-17/h1-13,26H,15H2. The smallest absolute Gasteiger partial charge is 0.232 e. The SMILES string of the molecule is N#Cc1nc(-c2ccccc2)oc1NCc1ccc(Oc2ccccc2F)cc1. The molecule has 0 spiro atoms. The normalized spacial score (nSPS) is 10.3. The van der Waals surface area contributed by atoms with Crippen LogP contribution in [0.1, 0.15) is 11.3 Å². The van der Waals surface area contributed by atoms with Crippen molar-refractivity contribution in [2.45, 2.75) is 6.54 Å². The van der Waals surface area contributed by atoms with Crippen LogP contribution in [-0.4, -0.2) is 4.98 Å². The highest BCUT2D eigenvalue weighted by Crippen LogP contribution is 2.27. The van der Waals surface area contributed by atoms with Gasteiger partial charge in [-0.2, -0.15) is 10.2 Å². The molecule has 1 heterocycles. The zero-order valence-electron chi connectivity index (χ0n) is 15.3. The Morgan fingerprint density at radius 1 is 0.966 bits per heavy atom. The van der Waals surface area contributed by atoms with E-state index in [4.69, 9.17) is 9.15 Å². The Bertz CT molecular complexity index is 1150. The maximum atomic E-state index is 13.7. The van der Waals surface area contributed by atoms with Gasteiger partial charge in [-0.1, -0.05) is 42.5 Å². The van der Waals surface area contributed by atoms with Crippen LogP contribution in [0.2, 0.25) is 0 Å². The highest BCUT2D eigenvalue weighted by atomic mass is 19.1. The van der Waals surface area contributed by atoms with Gasteiger partial charge in [0.2, 0.25) is 17.5 Å². The molecular formula is C23H16FN3O2. The first-order valence-electron chi connectivity index (χ1n) is 8.94. The van der Waals surface area contributed by atoms with Gasteiger partial charge >= 0.3 is 0 Å². The zero-order chi connectivity index (χ0) is 20.1. The van der Waals surface area contributed by atoms with Crippen LogP contribution in [0.5, 0.6) is 11.5 Å². The maximum Gasteiger partial charge on any atom is 0.232 e. The molecule has 142 valence electrons. The third-order valence-electron chi connectivity index (χ3n) is 4.19. The number of nitrogens with zero attached hydrogens (tertiary/aromatic N) is 2. The minimum Gasteiger partial charge on any atom is -0.454 e. The largest absolute Gasteiger partial charge is 0.454 e. The summed E-state index contributed by atoms with van der Waals surface area (Å²) >= 11 is 0. The molecule has 6 heteroatoms. The molecule has 0 aliphatic carbocycles. The van der Waals surface area contributed by atoms with E-state index in [0.717, 1.165) is 11.1 Å². The van der Waals surface area contributed by atoms with Crippen molar-refractivity contribution in [3.05, 3.63) is 95.9 Å². The third kappa shape index (κ3) is 4.25. The molecule has 1 aromatic heterocycles. The third-order valence-corrected chi connectivity index (χ3v) is 4.19. The number of ether oxygens (including phenoxy) is 1. The van der Waals surface area contributed by atoms with Crippen molar-refractivity contribution in [2.24, 2.45) is 0 Å². The lowest BCUT2D eigenvalue weighted by atomic mass is 10.2. The van der Waals surface area contributed by atoms with E-state index in [-0.39, 0.29) is 11.4 Å². The molecule has 0 unspecified atom stereocenters. The second kappa shape index (κ2) is 8.28. The summed E-state index contributed by atoms with van der Waals surface area (Å²) in [5.41, 5.74) is 1.93. The predicted molar refractivity (Wildman–Crippen MR) is 107 cm³/mol. The molecule has 0 aliphatic rings.